The number of rotatable bonds is 5. The average Bonchev–Trinajstić information content (AvgIpc) is 2.42. The fourth-order valence-electron chi connectivity index (χ4n) is 2.94. The second-order valence-electron chi connectivity index (χ2n) is 5.99. The molecule has 1 saturated heterocycles. The largest absolute Gasteiger partial charge is 0.392 e. The van der Waals surface area contributed by atoms with Gasteiger partial charge in [0.2, 0.25) is 0 Å². The fourth-order valence-corrected chi connectivity index (χ4v) is 2.94. The minimum atomic E-state index is -0.804. The van der Waals surface area contributed by atoms with Gasteiger partial charge in [0.05, 0.1) is 12.2 Å². The molecule has 1 heterocycles. The predicted octanol–water partition coefficient (Wildman–Crippen LogP) is 1.25. The smallest absolute Gasteiger partial charge is 0.129 e. The third-order valence-electron chi connectivity index (χ3n) is 4.04. The van der Waals surface area contributed by atoms with E-state index < -0.39 is 6.10 Å². The first-order valence-corrected chi connectivity index (χ1v) is 7.54. The summed E-state index contributed by atoms with van der Waals surface area (Å²) in [5.41, 5.74) is 0.358. The van der Waals surface area contributed by atoms with Gasteiger partial charge in [0.25, 0.3) is 0 Å². The van der Waals surface area contributed by atoms with Gasteiger partial charge in [0.1, 0.15) is 5.82 Å². The number of piperazine rings is 1. The number of β-amino-alcohol motifs (C(OH)–C–C–N with tert-alkyl or cyclic N) is 2. The van der Waals surface area contributed by atoms with E-state index in [9.17, 15) is 14.6 Å². The average molecular weight is 296 g/mol. The molecule has 1 aromatic rings. The second kappa shape index (κ2) is 7.31. The van der Waals surface area contributed by atoms with E-state index in [-0.39, 0.29) is 11.9 Å². The highest BCUT2D eigenvalue weighted by molar-refractivity contribution is 5.20. The Kier molecular flexibility index (Phi) is 5.70. The van der Waals surface area contributed by atoms with Gasteiger partial charge in [-0.25, -0.2) is 4.39 Å². The third-order valence-corrected chi connectivity index (χ3v) is 4.04. The maximum Gasteiger partial charge on any atom is 0.129 e. The highest BCUT2D eigenvalue weighted by Gasteiger charge is 2.26. The minimum Gasteiger partial charge on any atom is -0.392 e. The summed E-state index contributed by atoms with van der Waals surface area (Å²) in [5, 5.41) is 19.7. The molecule has 0 bridgehead atoms. The summed E-state index contributed by atoms with van der Waals surface area (Å²) < 4.78 is 13.7. The van der Waals surface area contributed by atoms with Crippen LogP contribution in [0.1, 0.15) is 25.5 Å². The number of nitrogens with zero attached hydrogens (tertiary/aromatic N) is 2. The third kappa shape index (κ3) is 4.48. The van der Waals surface area contributed by atoms with E-state index in [1.165, 1.54) is 6.07 Å². The second-order valence-corrected chi connectivity index (χ2v) is 5.99. The molecular weight excluding hydrogens is 271 g/mol. The van der Waals surface area contributed by atoms with Crippen molar-refractivity contribution in [1.29, 1.82) is 0 Å². The molecule has 3 atom stereocenters. The molecule has 0 aliphatic carbocycles. The number of hydrogen-bond acceptors (Lipinski definition) is 4. The van der Waals surface area contributed by atoms with Crippen LogP contribution in [-0.4, -0.2) is 64.9 Å². The Bertz CT molecular complexity index is 456. The molecular formula is C16H25FN2O2. The van der Waals surface area contributed by atoms with Crippen molar-refractivity contribution in [3.63, 3.8) is 0 Å². The Morgan fingerprint density at radius 2 is 1.95 bits per heavy atom. The summed E-state index contributed by atoms with van der Waals surface area (Å²) in [4.78, 5) is 4.40. The van der Waals surface area contributed by atoms with E-state index in [1.54, 1.807) is 25.1 Å². The van der Waals surface area contributed by atoms with Crippen LogP contribution in [-0.2, 0) is 0 Å². The molecule has 4 nitrogen and oxygen atoms in total. The molecule has 0 spiro atoms. The predicted molar refractivity (Wildman–Crippen MR) is 80.5 cm³/mol. The van der Waals surface area contributed by atoms with E-state index in [1.807, 2.05) is 0 Å². The Labute approximate surface area is 125 Å². The first-order valence-electron chi connectivity index (χ1n) is 7.54. The first kappa shape index (κ1) is 16.4. The van der Waals surface area contributed by atoms with Crippen LogP contribution >= 0.6 is 0 Å². The van der Waals surface area contributed by atoms with Gasteiger partial charge in [-0.1, -0.05) is 18.2 Å². The summed E-state index contributed by atoms with van der Waals surface area (Å²) in [6.45, 7) is 7.51. The lowest BCUT2D eigenvalue weighted by Gasteiger charge is -2.41. The summed E-state index contributed by atoms with van der Waals surface area (Å²) in [6.07, 6.45) is -1.13. The molecule has 2 rings (SSSR count). The zero-order chi connectivity index (χ0) is 15.4. The monoisotopic (exact) mass is 296 g/mol. The van der Waals surface area contributed by atoms with Gasteiger partial charge >= 0.3 is 0 Å². The molecule has 0 saturated carbocycles. The SMILES string of the molecule is C[C@H](O)CN1CCN(C[C@@H](O)c2ccccc2F)C[C@@H]1C. The highest BCUT2D eigenvalue weighted by atomic mass is 19.1. The summed E-state index contributed by atoms with van der Waals surface area (Å²) in [5.74, 6) is -0.356. The summed E-state index contributed by atoms with van der Waals surface area (Å²) in [7, 11) is 0. The molecule has 21 heavy (non-hydrogen) atoms. The van der Waals surface area contributed by atoms with Crippen molar-refractivity contribution in [2.45, 2.75) is 32.1 Å². The molecule has 0 aromatic heterocycles. The summed E-state index contributed by atoms with van der Waals surface area (Å²) in [6, 6.07) is 6.70. The topological polar surface area (TPSA) is 46.9 Å². The number of benzene rings is 1. The standard InChI is InChI=1S/C16H25FN2O2/c1-12-9-18(7-8-19(12)10-13(2)20)11-16(21)14-5-3-4-6-15(14)17/h3-6,12-13,16,20-21H,7-11H2,1-2H3/t12-,13-,16+/m0/s1. The van der Waals surface area contributed by atoms with Crippen LogP contribution in [0.15, 0.2) is 24.3 Å². The lowest BCUT2D eigenvalue weighted by Crippen LogP contribution is -2.54. The fraction of sp³-hybridized carbons (Fsp3) is 0.625. The van der Waals surface area contributed by atoms with Gasteiger partial charge in [-0.3, -0.25) is 9.80 Å². The van der Waals surface area contributed by atoms with Gasteiger partial charge in [-0.2, -0.15) is 0 Å². The lowest BCUT2D eigenvalue weighted by molar-refractivity contribution is 0.0234. The van der Waals surface area contributed by atoms with Crippen molar-refractivity contribution in [1.82, 2.24) is 9.80 Å². The zero-order valence-corrected chi connectivity index (χ0v) is 12.7. The molecule has 1 fully saturated rings. The Morgan fingerprint density at radius 3 is 2.57 bits per heavy atom. The molecule has 0 radical (unpaired) electrons. The Balaban J connectivity index is 1.89. The first-order chi connectivity index (χ1) is 9.97. The van der Waals surface area contributed by atoms with Crippen LogP contribution in [0.3, 0.4) is 0 Å². The molecule has 5 heteroatoms. The van der Waals surface area contributed by atoms with Crippen LogP contribution in [0.4, 0.5) is 4.39 Å². The molecule has 0 unspecified atom stereocenters. The number of aliphatic hydroxyl groups excluding tert-OH is 2. The van der Waals surface area contributed by atoms with E-state index in [2.05, 4.69) is 16.7 Å². The van der Waals surface area contributed by atoms with Crippen molar-refractivity contribution < 1.29 is 14.6 Å². The van der Waals surface area contributed by atoms with Crippen LogP contribution in [0.2, 0.25) is 0 Å². The van der Waals surface area contributed by atoms with Gasteiger partial charge in [-0.05, 0) is 19.9 Å². The quantitative estimate of drug-likeness (QED) is 0.858. The zero-order valence-electron chi connectivity index (χ0n) is 12.7. The lowest BCUT2D eigenvalue weighted by atomic mass is 10.1. The van der Waals surface area contributed by atoms with Crippen LogP contribution in [0, 0.1) is 5.82 Å². The maximum atomic E-state index is 13.7. The highest BCUT2D eigenvalue weighted by Crippen LogP contribution is 2.19. The van der Waals surface area contributed by atoms with E-state index in [0.29, 0.717) is 24.7 Å². The van der Waals surface area contributed by atoms with E-state index >= 15 is 0 Å². The van der Waals surface area contributed by atoms with Crippen molar-refractivity contribution in [2.24, 2.45) is 0 Å². The van der Waals surface area contributed by atoms with E-state index in [0.717, 1.165) is 19.6 Å². The maximum absolute atomic E-state index is 13.7. The minimum absolute atomic E-state index is 0.321. The van der Waals surface area contributed by atoms with Crippen LogP contribution in [0.5, 0.6) is 0 Å². The van der Waals surface area contributed by atoms with Crippen LogP contribution < -0.4 is 0 Å². The van der Waals surface area contributed by atoms with Crippen LogP contribution in [0.25, 0.3) is 0 Å². The number of halogens is 1. The molecule has 1 aliphatic heterocycles. The van der Waals surface area contributed by atoms with Crippen molar-refractivity contribution >= 4 is 0 Å². The van der Waals surface area contributed by atoms with Crippen molar-refractivity contribution in [3.8, 4) is 0 Å². The van der Waals surface area contributed by atoms with Crippen molar-refractivity contribution in [2.75, 3.05) is 32.7 Å². The van der Waals surface area contributed by atoms with Gasteiger partial charge in [0.15, 0.2) is 0 Å². The Morgan fingerprint density at radius 1 is 1.24 bits per heavy atom. The molecule has 0 amide bonds. The van der Waals surface area contributed by atoms with Gasteiger partial charge in [-0.15, -0.1) is 0 Å². The van der Waals surface area contributed by atoms with Crippen molar-refractivity contribution in [3.05, 3.63) is 35.6 Å². The number of hydrogen-bond donors (Lipinski definition) is 2. The summed E-state index contributed by atoms with van der Waals surface area (Å²) >= 11 is 0. The molecule has 2 N–H and O–H groups in total. The normalized spacial score (nSPS) is 24.0. The van der Waals surface area contributed by atoms with E-state index in [4.69, 9.17) is 0 Å². The molecule has 1 aliphatic rings. The molecule has 118 valence electrons. The molecule has 1 aromatic carbocycles. The Hall–Kier alpha value is -1.01. The van der Waals surface area contributed by atoms with Gasteiger partial charge in [0, 0.05) is 44.3 Å². The number of aliphatic hydroxyl groups is 2. The van der Waals surface area contributed by atoms with Gasteiger partial charge < -0.3 is 10.2 Å².